The second-order valence-electron chi connectivity index (χ2n) is 4.96. The van der Waals surface area contributed by atoms with Crippen LogP contribution < -0.4 is 10.1 Å². The molecule has 5 heteroatoms. The molecule has 1 heterocycles. The highest BCUT2D eigenvalue weighted by Crippen LogP contribution is 2.32. The molecule has 2 aromatic rings. The van der Waals surface area contributed by atoms with Gasteiger partial charge < -0.3 is 10.1 Å². The van der Waals surface area contributed by atoms with Gasteiger partial charge in [0.25, 0.3) is 0 Å². The molecular formula is C16H14Cl3NO. The normalized spacial score (nSPS) is 12.9. The van der Waals surface area contributed by atoms with Gasteiger partial charge >= 0.3 is 0 Å². The van der Waals surface area contributed by atoms with Gasteiger partial charge in [0.15, 0.2) is 0 Å². The molecule has 1 aliphatic heterocycles. The summed E-state index contributed by atoms with van der Waals surface area (Å²) < 4.78 is 5.51. The zero-order valence-electron chi connectivity index (χ0n) is 11.3. The predicted octanol–water partition coefficient (Wildman–Crippen LogP) is 5.24. The van der Waals surface area contributed by atoms with E-state index < -0.39 is 0 Å². The number of benzene rings is 2. The van der Waals surface area contributed by atoms with E-state index in [1.165, 1.54) is 11.1 Å². The molecule has 0 aliphatic carbocycles. The van der Waals surface area contributed by atoms with Gasteiger partial charge in [0.2, 0.25) is 0 Å². The summed E-state index contributed by atoms with van der Waals surface area (Å²) in [5, 5.41) is 4.83. The molecule has 110 valence electrons. The van der Waals surface area contributed by atoms with Crippen molar-refractivity contribution in [3.8, 4) is 5.75 Å². The second-order valence-corrected chi connectivity index (χ2v) is 6.19. The summed E-state index contributed by atoms with van der Waals surface area (Å²) in [6, 6.07) is 9.76. The average Bonchev–Trinajstić information content (AvgIpc) is 2.92. The van der Waals surface area contributed by atoms with Crippen LogP contribution in [0.5, 0.6) is 5.75 Å². The molecule has 0 fully saturated rings. The van der Waals surface area contributed by atoms with E-state index in [-0.39, 0.29) is 0 Å². The number of halogens is 3. The van der Waals surface area contributed by atoms with E-state index in [2.05, 4.69) is 17.4 Å². The van der Waals surface area contributed by atoms with Crippen molar-refractivity contribution in [1.82, 2.24) is 0 Å². The topological polar surface area (TPSA) is 21.3 Å². The van der Waals surface area contributed by atoms with Crippen LogP contribution in [0.15, 0.2) is 30.3 Å². The standard InChI is InChI=1S/C16H14Cl3NO/c17-12-8-14(19)15(9-13(12)18)20-5-3-10-1-2-16-11(7-10)4-6-21-16/h1-2,7-9,20H,3-6H2. The molecule has 0 spiro atoms. The Kier molecular flexibility index (Phi) is 4.48. The number of fused-ring (bicyclic) bond motifs is 1. The first-order valence-electron chi connectivity index (χ1n) is 6.76. The molecule has 1 N–H and O–H groups in total. The monoisotopic (exact) mass is 341 g/mol. The Bertz CT molecular complexity index is 673. The van der Waals surface area contributed by atoms with Gasteiger partial charge in [-0.2, -0.15) is 0 Å². The third-order valence-electron chi connectivity index (χ3n) is 3.49. The maximum absolute atomic E-state index is 6.14. The van der Waals surface area contributed by atoms with Crippen molar-refractivity contribution in [3.63, 3.8) is 0 Å². The minimum atomic E-state index is 0.464. The quantitative estimate of drug-likeness (QED) is 0.768. The highest BCUT2D eigenvalue weighted by atomic mass is 35.5. The summed E-state index contributed by atoms with van der Waals surface area (Å²) in [6.07, 6.45) is 1.90. The Morgan fingerprint density at radius 2 is 1.81 bits per heavy atom. The number of hydrogen-bond acceptors (Lipinski definition) is 2. The molecule has 0 aromatic heterocycles. The van der Waals surface area contributed by atoms with Crippen molar-refractivity contribution in [1.29, 1.82) is 0 Å². The van der Waals surface area contributed by atoms with Crippen molar-refractivity contribution in [2.24, 2.45) is 0 Å². The Hall–Kier alpha value is -1.09. The van der Waals surface area contributed by atoms with Gasteiger partial charge in [-0.25, -0.2) is 0 Å². The Morgan fingerprint density at radius 1 is 1.00 bits per heavy atom. The lowest BCUT2D eigenvalue weighted by Gasteiger charge is -2.10. The molecule has 2 aromatic carbocycles. The summed E-state index contributed by atoms with van der Waals surface area (Å²) in [4.78, 5) is 0. The summed E-state index contributed by atoms with van der Waals surface area (Å²) in [7, 11) is 0. The molecule has 0 radical (unpaired) electrons. The van der Waals surface area contributed by atoms with Crippen LogP contribution in [-0.4, -0.2) is 13.2 Å². The molecular weight excluding hydrogens is 329 g/mol. The van der Waals surface area contributed by atoms with Crippen LogP contribution in [0.4, 0.5) is 5.69 Å². The first-order valence-corrected chi connectivity index (χ1v) is 7.90. The van der Waals surface area contributed by atoms with E-state index in [4.69, 9.17) is 39.5 Å². The number of nitrogens with one attached hydrogen (secondary N) is 1. The molecule has 1 aliphatic rings. The lowest BCUT2D eigenvalue weighted by molar-refractivity contribution is 0.357. The molecule has 0 atom stereocenters. The number of anilines is 1. The van der Waals surface area contributed by atoms with Crippen molar-refractivity contribution < 1.29 is 4.74 Å². The zero-order chi connectivity index (χ0) is 14.8. The fourth-order valence-electron chi connectivity index (χ4n) is 2.39. The van der Waals surface area contributed by atoms with Gasteiger partial charge in [-0.05, 0) is 35.7 Å². The van der Waals surface area contributed by atoms with Crippen LogP contribution in [0.1, 0.15) is 11.1 Å². The Morgan fingerprint density at radius 3 is 2.67 bits per heavy atom. The maximum Gasteiger partial charge on any atom is 0.122 e. The smallest absolute Gasteiger partial charge is 0.122 e. The van der Waals surface area contributed by atoms with Crippen LogP contribution in [0.3, 0.4) is 0 Å². The van der Waals surface area contributed by atoms with E-state index in [9.17, 15) is 0 Å². The number of ether oxygens (including phenoxy) is 1. The third-order valence-corrected chi connectivity index (χ3v) is 4.53. The van der Waals surface area contributed by atoms with Crippen LogP contribution in [0.25, 0.3) is 0 Å². The Labute approximate surface area is 139 Å². The molecule has 0 unspecified atom stereocenters. The summed E-state index contributed by atoms with van der Waals surface area (Å²) in [5.74, 6) is 1.01. The SMILES string of the molecule is Clc1cc(Cl)c(NCCc2ccc3c(c2)CCO3)cc1Cl. The lowest BCUT2D eigenvalue weighted by Crippen LogP contribution is -2.05. The van der Waals surface area contributed by atoms with E-state index >= 15 is 0 Å². The minimum Gasteiger partial charge on any atom is -0.493 e. The molecule has 21 heavy (non-hydrogen) atoms. The van der Waals surface area contributed by atoms with Crippen LogP contribution >= 0.6 is 34.8 Å². The minimum absolute atomic E-state index is 0.464. The van der Waals surface area contributed by atoms with E-state index in [0.717, 1.165) is 37.4 Å². The lowest BCUT2D eigenvalue weighted by atomic mass is 10.1. The van der Waals surface area contributed by atoms with Gasteiger partial charge in [-0.3, -0.25) is 0 Å². The molecule has 2 nitrogen and oxygen atoms in total. The molecule has 0 saturated heterocycles. The van der Waals surface area contributed by atoms with Crippen molar-refractivity contribution in [2.45, 2.75) is 12.8 Å². The highest BCUT2D eigenvalue weighted by molar-refractivity contribution is 6.44. The van der Waals surface area contributed by atoms with Gasteiger partial charge in [-0.15, -0.1) is 0 Å². The van der Waals surface area contributed by atoms with Gasteiger partial charge in [0.1, 0.15) is 5.75 Å². The van der Waals surface area contributed by atoms with E-state index in [1.807, 2.05) is 6.07 Å². The van der Waals surface area contributed by atoms with Gasteiger partial charge in [0, 0.05) is 13.0 Å². The maximum atomic E-state index is 6.14. The van der Waals surface area contributed by atoms with E-state index in [1.54, 1.807) is 12.1 Å². The molecule has 0 amide bonds. The number of rotatable bonds is 4. The van der Waals surface area contributed by atoms with Crippen LogP contribution in [0, 0.1) is 0 Å². The predicted molar refractivity (Wildman–Crippen MR) is 89.3 cm³/mol. The fraction of sp³-hybridized carbons (Fsp3) is 0.250. The van der Waals surface area contributed by atoms with Crippen molar-refractivity contribution >= 4 is 40.5 Å². The van der Waals surface area contributed by atoms with Crippen molar-refractivity contribution in [2.75, 3.05) is 18.5 Å². The second kappa shape index (κ2) is 6.35. The van der Waals surface area contributed by atoms with E-state index in [0.29, 0.717) is 15.1 Å². The zero-order valence-corrected chi connectivity index (χ0v) is 13.5. The summed E-state index contributed by atoms with van der Waals surface area (Å²) >= 11 is 18.1. The first kappa shape index (κ1) is 14.8. The fourth-order valence-corrected chi connectivity index (χ4v) is 3.01. The van der Waals surface area contributed by atoms with Gasteiger partial charge in [0.05, 0.1) is 27.4 Å². The highest BCUT2D eigenvalue weighted by Gasteiger charge is 2.12. The molecule has 0 saturated carbocycles. The van der Waals surface area contributed by atoms with Gasteiger partial charge in [-0.1, -0.05) is 46.9 Å². The third kappa shape index (κ3) is 3.39. The first-order chi connectivity index (χ1) is 10.1. The van der Waals surface area contributed by atoms with Crippen molar-refractivity contribution in [3.05, 3.63) is 56.5 Å². The molecule has 0 bridgehead atoms. The summed E-state index contributed by atoms with van der Waals surface area (Å²) in [5.41, 5.74) is 3.37. The summed E-state index contributed by atoms with van der Waals surface area (Å²) in [6.45, 7) is 1.56. The molecule has 3 rings (SSSR count). The largest absolute Gasteiger partial charge is 0.493 e. The number of hydrogen-bond donors (Lipinski definition) is 1. The average molecular weight is 343 g/mol. The van der Waals surface area contributed by atoms with Crippen LogP contribution in [0.2, 0.25) is 15.1 Å². The Balaban J connectivity index is 1.62. The van der Waals surface area contributed by atoms with Crippen LogP contribution in [-0.2, 0) is 12.8 Å².